The molecule has 1 amide bonds. The maximum Gasteiger partial charge on any atom is 0.238 e. The van der Waals surface area contributed by atoms with Crippen LogP contribution in [0.2, 0.25) is 0 Å². The van der Waals surface area contributed by atoms with Crippen LogP contribution in [0.1, 0.15) is 11.3 Å². The molecule has 0 aliphatic rings. The lowest BCUT2D eigenvalue weighted by Crippen LogP contribution is -2.32. The van der Waals surface area contributed by atoms with Crippen molar-refractivity contribution < 1.29 is 23.4 Å². The summed E-state index contributed by atoms with van der Waals surface area (Å²) in [5.74, 6) is 2.06. The molecule has 0 fully saturated rings. The third-order valence-corrected chi connectivity index (χ3v) is 4.52. The van der Waals surface area contributed by atoms with Crippen LogP contribution in [-0.4, -0.2) is 38.7 Å². The van der Waals surface area contributed by atoms with Gasteiger partial charge in [0.25, 0.3) is 0 Å². The summed E-state index contributed by atoms with van der Waals surface area (Å²) in [5, 5.41) is 2.91. The fraction of sp³-hybridized carbons (Fsp3) is 0.261. The Kier molecular flexibility index (Phi) is 7.34. The van der Waals surface area contributed by atoms with E-state index in [1.54, 1.807) is 18.4 Å². The second-order valence-electron chi connectivity index (χ2n) is 6.67. The van der Waals surface area contributed by atoms with Gasteiger partial charge in [0.05, 0.1) is 40.7 Å². The van der Waals surface area contributed by atoms with Gasteiger partial charge >= 0.3 is 0 Å². The van der Waals surface area contributed by atoms with Crippen LogP contribution in [0.4, 0.5) is 5.69 Å². The van der Waals surface area contributed by atoms with E-state index in [1.807, 2.05) is 47.4 Å². The monoisotopic (exact) mass is 410 g/mol. The smallest absolute Gasteiger partial charge is 0.238 e. The number of carbonyl (C=O) groups excluding carboxylic acids is 1. The van der Waals surface area contributed by atoms with Crippen LogP contribution in [0.5, 0.6) is 17.2 Å². The zero-order valence-electron chi connectivity index (χ0n) is 17.4. The van der Waals surface area contributed by atoms with E-state index in [0.29, 0.717) is 36.0 Å². The van der Waals surface area contributed by atoms with Gasteiger partial charge in [0.15, 0.2) is 11.5 Å². The van der Waals surface area contributed by atoms with Gasteiger partial charge in [0.1, 0.15) is 5.76 Å². The summed E-state index contributed by atoms with van der Waals surface area (Å²) in [6, 6.07) is 17.1. The summed E-state index contributed by atoms with van der Waals surface area (Å²) < 4.78 is 21.5. The lowest BCUT2D eigenvalue weighted by Gasteiger charge is -2.21. The first-order valence-corrected chi connectivity index (χ1v) is 9.51. The molecule has 0 atom stereocenters. The summed E-state index contributed by atoms with van der Waals surface area (Å²) in [7, 11) is 4.61. The maximum absolute atomic E-state index is 12.8. The van der Waals surface area contributed by atoms with Gasteiger partial charge in [-0.2, -0.15) is 0 Å². The largest absolute Gasteiger partial charge is 0.493 e. The lowest BCUT2D eigenvalue weighted by atomic mass is 10.2. The number of methoxy groups -OCH3 is 3. The van der Waals surface area contributed by atoms with Crippen molar-refractivity contribution in [2.75, 3.05) is 33.2 Å². The van der Waals surface area contributed by atoms with Gasteiger partial charge in [-0.15, -0.1) is 0 Å². The highest BCUT2D eigenvalue weighted by molar-refractivity contribution is 5.93. The number of anilines is 1. The number of nitrogens with one attached hydrogen (secondary N) is 1. The number of rotatable bonds is 10. The Hall–Kier alpha value is -3.45. The van der Waals surface area contributed by atoms with E-state index < -0.39 is 0 Å². The van der Waals surface area contributed by atoms with Gasteiger partial charge in [-0.05, 0) is 17.7 Å². The quantitative estimate of drug-likeness (QED) is 0.546. The van der Waals surface area contributed by atoms with E-state index >= 15 is 0 Å². The van der Waals surface area contributed by atoms with E-state index in [1.165, 1.54) is 21.3 Å². The Balaban J connectivity index is 1.73. The molecule has 3 rings (SSSR count). The molecule has 3 aromatic rings. The molecule has 0 saturated carbocycles. The number of furan rings is 1. The van der Waals surface area contributed by atoms with Gasteiger partial charge in [0, 0.05) is 24.4 Å². The number of carbonyl (C=O) groups is 1. The Morgan fingerprint density at radius 3 is 2.20 bits per heavy atom. The maximum atomic E-state index is 12.8. The average molecular weight is 410 g/mol. The summed E-state index contributed by atoms with van der Waals surface area (Å²) in [6.07, 6.45) is 1.63. The van der Waals surface area contributed by atoms with Gasteiger partial charge in [-0.25, -0.2) is 0 Å². The van der Waals surface area contributed by atoms with Crippen LogP contribution in [0.3, 0.4) is 0 Å². The third kappa shape index (κ3) is 5.55. The minimum absolute atomic E-state index is 0.160. The molecule has 0 unspecified atom stereocenters. The van der Waals surface area contributed by atoms with Crippen molar-refractivity contribution in [1.29, 1.82) is 0 Å². The topological polar surface area (TPSA) is 73.2 Å². The van der Waals surface area contributed by atoms with E-state index in [0.717, 1.165) is 11.3 Å². The predicted molar refractivity (Wildman–Crippen MR) is 114 cm³/mol. The van der Waals surface area contributed by atoms with Crippen molar-refractivity contribution in [1.82, 2.24) is 4.90 Å². The zero-order valence-corrected chi connectivity index (χ0v) is 17.4. The fourth-order valence-corrected chi connectivity index (χ4v) is 3.19. The van der Waals surface area contributed by atoms with E-state index in [4.69, 9.17) is 18.6 Å². The normalized spacial score (nSPS) is 10.7. The fourth-order valence-electron chi connectivity index (χ4n) is 3.19. The SMILES string of the molecule is COc1cc(NC(=O)CN(Cc2ccccc2)Cc2ccco2)cc(OC)c1OC. The van der Waals surface area contributed by atoms with Crippen molar-refractivity contribution in [3.63, 3.8) is 0 Å². The number of ether oxygens (including phenoxy) is 3. The number of nitrogens with zero attached hydrogens (tertiary/aromatic N) is 1. The Labute approximate surface area is 176 Å². The average Bonchev–Trinajstić information content (AvgIpc) is 3.26. The van der Waals surface area contributed by atoms with Gasteiger partial charge in [-0.3, -0.25) is 9.69 Å². The van der Waals surface area contributed by atoms with Gasteiger partial charge < -0.3 is 23.9 Å². The number of hydrogen-bond acceptors (Lipinski definition) is 6. The highest BCUT2D eigenvalue weighted by Gasteiger charge is 2.17. The Morgan fingerprint density at radius 1 is 0.933 bits per heavy atom. The van der Waals surface area contributed by atoms with Crippen LogP contribution in [0.15, 0.2) is 65.3 Å². The van der Waals surface area contributed by atoms with E-state index in [9.17, 15) is 4.79 Å². The highest BCUT2D eigenvalue weighted by atomic mass is 16.5. The van der Waals surface area contributed by atoms with Crippen molar-refractivity contribution in [3.05, 3.63) is 72.2 Å². The minimum atomic E-state index is -0.160. The second-order valence-corrected chi connectivity index (χ2v) is 6.67. The van der Waals surface area contributed by atoms with Crippen molar-refractivity contribution in [3.8, 4) is 17.2 Å². The summed E-state index contributed by atoms with van der Waals surface area (Å²) in [6.45, 7) is 1.32. The molecule has 0 aliphatic heterocycles. The highest BCUT2D eigenvalue weighted by Crippen LogP contribution is 2.39. The standard InChI is InChI=1S/C23H26N2O5/c1-27-20-12-18(13-21(28-2)23(20)29-3)24-22(26)16-25(15-19-10-7-11-30-19)14-17-8-5-4-6-9-17/h4-13H,14-16H2,1-3H3,(H,24,26). The van der Waals surface area contributed by atoms with Gasteiger partial charge in [-0.1, -0.05) is 30.3 Å². The summed E-state index contributed by atoms with van der Waals surface area (Å²) >= 11 is 0. The first-order chi connectivity index (χ1) is 14.6. The van der Waals surface area contributed by atoms with E-state index in [-0.39, 0.29) is 12.5 Å². The molecule has 0 radical (unpaired) electrons. The van der Waals surface area contributed by atoms with E-state index in [2.05, 4.69) is 5.32 Å². The molecule has 1 N–H and O–H groups in total. The Bertz CT molecular complexity index is 916. The van der Waals surface area contributed by atoms with Crippen LogP contribution >= 0.6 is 0 Å². The number of amides is 1. The molecular weight excluding hydrogens is 384 g/mol. The van der Waals surface area contributed by atoms with Crippen molar-refractivity contribution >= 4 is 11.6 Å². The molecule has 7 heteroatoms. The van der Waals surface area contributed by atoms with Crippen LogP contribution in [0.25, 0.3) is 0 Å². The molecule has 30 heavy (non-hydrogen) atoms. The Morgan fingerprint density at radius 2 is 1.63 bits per heavy atom. The number of benzene rings is 2. The number of hydrogen-bond donors (Lipinski definition) is 1. The molecule has 1 heterocycles. The molecule has 158 valence electrons. The molecule has 0 bridgehead atoms. The molecule has 0 spiro atoms. The summed E-state index contributed by atoms with van der Waals surface area (Å²) in [5.41, 5.74) is 1.68. The summed E-state index contributed by atoms with van der Waals surface area (Å²) in [4.78, 5) is 14.8. The van der Waals surface area contributed by atoms with Crippen molar-refractivity contribution in [2.24, 2.45) is 0 Å². The predicted octanol–water partition coefficient (Wildman–Crippen LogP) is 3.95. The minimum Gasteiger partial charge on any atom is -0.493 e. The molecule has 1 aromatic heterocycles. The van der Waals surface area contributed by atoms with Crippen LogP contribution < -0.4 is 19.5 Å². The molecule has 0 saturated heterocycles. The molecule has 0 aliphatic carbocycles. The second kappa shape index (κ2) is 10.4. The van der Waals surface area contributed by atoms with Gasteiger partial charge in [0.2, 0.25) is 11.7 Å². The first kappa shape index (κ1) is 21.3. The molecule has 2 aromatic carbocycles. The molecular formula is C23H26N2O5. The molecule has 7 nitrogen and oxygen atoms in total. The van der Waals surface area contributed by atoms with Crippen molar-refractivity contribution in [2.45, 2.75) is 13.1 Å². The zero-order chi connectivity index (χ0) is 21.3. The van der Waals surface area contributed by atoms with Crippen LogP contribution in [0, 0.1) is 0 Å². The van der Waals surface area contributed by atoms with Crippen LogP contribution in [-0.2, 0) is 17.9 Å². The lowest BCUT2D eigenvalue weighted by molar-refractivity contribution is -0.117. The third-order valence-electron chi connectivity index (χ3n) is 4.52. The first-order valence-electron chi connectivity index (χ1n) is 9.51.